The SMILES string of the molecule is O=C1CCN2C(=O)c3cc4ccccc4cc3C2C1. The molecule has 0 bridgehead atoms. The zero-order valence-corrected chi connectivity index (χ0v) is 10.4. The van der Waals surface area contributed by atoms with Crippen LogP contribution in [-0.4, -0.2) is 23.1 Å². The standard InChI is InChI=1S/C16H13NO2/c18-12-5-6-17-15(9-12)13-7-10-3-1-2-4-11(10)8-14(13)16(17)19/h1-4,7-8,15H,5-6,9H2. The largest absolute Gasteiger partial charge is 0.331 e. The number of carbonyl (C=O) groups is 2. The first kappa shape index (κ1) is 10.7. The van der Waals surface area contributed by atoms with Crippen molar-refractivity contribution in [3.05, 3.63) is 47.5 Å². The monoisotopic (exact) mass is 251 g/mol. The first-order valence-electron chi connectivity index (χ1n) is 6.59. The lowest BCUT2D eigenvalue weighted by atomic mass is 9.94. The Bertz CT molecular complexity index is 720. The van der Waals surface area contributed by atoms with Crippen LogP contribution in [0, 0.1) is 0 Å². The quantitative estimate of drug-likeness (QED) is 0.722. The molecule has 94 valence electrons. The van der Waals surface area contributed by atoms with E-state index in [1.165, 1.54) is 0 Å². The summed E-state index contributed by atoms with van der Waals surface area (Å²) < 4.78 is 0. The third-order valence-corrected chi connectivity index (χ3v) is 4.20. The van der Waals surface area contributed by atoms with Gasteiger partial charge >= 0.3 is 0 Å². The number of hydrogen-bond acceptors (Lipinski definition) is 2. The van der Waals surface area contributed by atoms with Crippen molar-refractivity contribution in [3.63, 3.8) is 0 Å². The molecule has 1 unspecified atom stereocenters. The van der Waals surface area contributed by atoms with E-state index in [1.54, 1.807) is 0 Å². The summed E-state index contributed by atoms with van der Waals surface area (Å²) in [6.07, 6.45) is 0.965. The summed E-state index contributed by atoms with van der Waals surface area (Å²) in [5.74, 6) is 0.341. The Labute approximate surface area is 110 Å². The van der Waals surface area contributed by atoms with Crippen LogP contribution in [0.15, 0.2) is 36.4 Å². The number of amides is 1. The molecule has 0 aliphatic carbocycles. The number of benzene rings is 2. The molecule has 1 atom stereocenters. The highest BCUT2D eigenvalue weighted by Crippen LogP contribution is 2.40. The van der Waals surface area contributed by atoms with Gasteiger partial charge in [-0.15, -0.1) is 0 Å². The van der Waals surface area contributed by atoms with Gasteiger partial charge in [-0.2, -0.15) is 0 Å². The van der Waals surface area contributed by atoms with Crippen LogP contribution in [0.3, 0.4) is 0 Å². The predicted molar refractivity (Wildman–Crippen MR) is 72.0 cm³/mol. The maximum atomic E-state index is 12.4. The highest BCUT2D eigenvalue weighted by Gasteiger charge is 2.40. The van der Waals surface area contributed by atoms with Gasteiger partial charge in [-0.25, -0.2) is 0 Å². The zero-order valence-electron chi connectivity index (χ0n) is 10.4. The van der Waals surface area contributed by atoms with Crippen molar-refractivity contribution in [1.82, 2.24) is 4.90 Å². The lowest BCUT2D eigenvalue weighted by Gasteiger charge is -2.29. The van der Waals surface area contributed by atoms with Gasteiger partial charge in [0.2, 0.25) is 0 Å². The molecule has 0 radical (unpaired) electrons. The highest BCUT2D eigenvalue weighted by atomic mass is 16.2. The summed E-state index contributed by atoms with van der Waals surface area (Å²) in [7, 11) is 0. The van der Waals surface area contributed by atoms with Crippen molar-refractivity contribution in [2.75, 3.05) is 6.54 Å². The lowest BCUT2D eigenvalue weighted by molar-refractivity contribution is -0.122. The molecule has 19 heavy (non-hydrogen) atoms. The van der Waals surface area contributed by atoms with Crippen molar-refractivity contribution in [2.45, 2.75) is 18.9 Å². The van der Waals surface area contributed by atoms with Gasteiger partial charge in [0.15, 0.2) is 0 Å². The van der Waals surface area contributed by atoms with Gasteiger partial charge in [0.25, 0.3) is 5.91 Å². The van der Waals surface area contributed by atoms with Crippen LogP contribution in [0.25, 0.3) is 10.8 Å². The Morgan fingerprint density at radius 3 is 2.58 bits per heavy atom. The molecule has 0 N–H and O–H groups in total. The van der Waals surface area contributed by atoms with E-state index in [-0.39, 0.29) is 17.7 Å². The fourth-order valence-corrected chi connectivity index (χ4v) is 3.22. The third-order valence-electron chi connectivity index (χ3n) is 4.20. The molecule has 1 saturated heterocycles. The Morgan fingerprint density at radius 1 is 1.05 bits per heavy atom. The van der Waals surface area contributed by atoms with Crippen LogP contribution in [0.1, 0.15) is 34.8 Å². The van der Waals surface area contributed by atoms with Crippen LogP contribution in [0.4, 0.5) is 0 Å². The van der Waals surface area contributed by atoms with E-state index in [0.717, 1.165) is 21.9 Å². The van der Waals surface area contributed by atoms with E-state index in [4.69, 9.17) is 0 Å². The number of piperidine rings is 1. The maximum absolute atomic E-state index is 12.4. The minimum atomic E-state index is -0.0339. The van der Waals surface area contributed by atoms with Gasteiger partial charge in [0, 0.05) is 24.9 Å². The maximum Gasteiger partial charge on any atom is 0.254 e. The Kier molecular flexibility index (Phi) is 2.07. The highest BCUT2D eigenvalue weighted by molar-refractivity contribution is 6.04. The summed E-state index contributed by atoms with van der Waals surface area (Å²) in [4.78, 5) is 25.9. The van der Waals surface area contributed by atoms with Gasteiger partial charge in [-0.05, 0) is 28.5 Å². The normalized spacial score (nSPS) is 21.7. The first-order valence-corrected chi connectivity index (χ1v) is 6.59. The fourth-order valence-electron chi connectivity index (χ4n) is 3.22. The number of Topliss-reactive ketones (excluding diaryl/α,β-unsaturated/α-hetero) is 1. The van der Waals surface area contributed by atoms with E-state index in [0.29, 0.717) is 19.4 Å². The van der Waals surface area contributed by atoms with Crippen LogP contribution >= 0.6 is 0 Å². The molecule has 2 aromatic carbocycles. The van der Waals surface area contributed by atoms with Crippen molar-refractivity contribution < 1.29 is 9.59 Å². The van der Waals surface area contributed by atoms with Gasteiger partial charge in [-0.3, -0.25) is 9.59 Å². The molecule has 2 aliphatic rings. The Balaban J connectivity index is 1.94. The molecular weight excluding hydrogens is 238 g/mol. The minimum Gasteiger partial charge on any atom is -0.331 e. The van der Waals surface area contributed by atoms with Crippen molar-refractivity contribution >= 4 is 22.5 Å². The van der Waals surface area contributed by atoms with E-state index in [2.05, 4.69) is 6.07 Å². The van der Waals surface area contributed by atoms with Gasteiger partial charge in [0.05, 0.1) is 6.04 Å². The minimum absolute atomic E-state index is 0.0339. The van der Waals surface area contributed by atoms with Crippen LogP contribution < -0.4 is 0 Å². The second-order valence-electron chi connectivity index (χ2n) is 5.29. The zero-order chi connectivity index (χ0) is 13.0. The van der Waals surface area contributed by atoms with Crippen LogP contribution in [0.5, 0.6) is 0 Å². The molecule has 2 heterocycles. The molecule has 3 heteroatoms. The second kappa shape index (κ2) is 3.67. The van der Waals surface area contributed by atoms with E-state index >= 15 is 0 Å². The summed E-state index contributed by atoms with van der Waals surface area (Å²) in [5.41, 5.74) is 1.80. The number of carbonyl (C=O) groups excluding carboxylic acids is 2. The number of ketones is 1. The third kappa shape index (κ3) is 1.44. The molecule has 0 saturated carbocycles. The van der Waals surface area contributed by atoms with Crippen molar-refractivity contribution in [2.24, 2.45) is 0 Å². The molecule has 0 aromatic heterocycles. The molecule has 1 amide bonds. The van der Waals surface area contributed by atoms with Crippen LogP contribution in [0.2, 0.25) is 0 Å². The van der Waals surface area contributed by atoms with Crippen molar-refractivity contribution in [1.29, 1.82) is 0 Å². The average molecular weight is 251 g/mol. The number of fused-ring (bicyclic) bond motifs is 4. The van der Waals surface area contributed by atoms with Crippen LogP contribution in [-0.2, 0) is 4.79 Å². The van der Waals surface area contributed by atoms with Gasteiger partial charge in [-0.1, -0.05) is 24.3 Å². The van der Waals surface area contributed by atoms with E-state index in [9.17, 15) is 9.59 Å². The number of rotatable bonds is 0. The topological polar surface area (TPSA) is 37.4 Å². The van der Waals surface area contributed by atoms with E-state index in [1.807, 2.05) is 35.2 Å². The Morgan fingerprint density at radius 2 is 1.79 bits per heavy atom. The predicted octanol–water partition coefficient (Wildman–Crippen LogP) is 2.70. The molecule has 2 aliphatic heterocycles. The molecule has 3 nitrogen and oxygen atoms in total. The number of nitrogens with zero attached hydrogens (tertiary/aromatic N) is 1. The second-order valence-corrected chi connectivity index (χ2v) is 5.29. The van der Waals surface area contributed by atoms with Crippen molar-refractivity contribution in [3.8, 4) is 0 Å². The molecule has 4 rings (SSSR count). The Hall–Kier alpha value is -2.16. The summed E-state index contributed by atoms with van der Waals surface area (Å²) >= 11 is 0. The first-order chi connectivity index (χ1) is 9.24. The molecule has 1 fully saturated rings. The lowest BCUT2D eigenvalue weighted by Crippen LogP contribution is -2.35. The summed E-state index contributed by atoms with van der Waals surface area (Å²) in [6.45, 7) is 0.563. The molecule has 0 spiro atoms. The summed E-state index contributed by atoms with van der Waals surface area (Å²) in [5, 5.41) is 2.22. The smallest absolute Gasteiger partial charge is 0.254 e. The van der Waals surface area contributed by atoms with Gasteiger partial charge in [0.1, 0.15) is 5.78 Å². The molecule has 2 aromatic rings. The number of hydrogen-bond donors (Lipinski definition) is 0. The molecular formula is C16H13NO2. The average Bonchev–Trinajstić information content (AvgIpc) is 2.69. The summed E-state index contributed by atoms with van der Waals surface area (Å²) in [6, 6.07) is 12.1. The van der Waals surface area contributed by atoms with E-state index < -0.39 is 0 Å². The fraction of sp³-hybridized carbons (Fsp3) is 0.250. The van der Waals surface area contributed by atoms with Gasteiger partial charge < -0.3 is 4.90 Å².